The van der Waals surface area contributed by atoms with Gasteiger partial charge < -0.3 is 65.4 Å². The van der Waals surface area contributed by atoms with E-state index in [4.69, 9.17) is 63.1 Å². The fourth-order valence-corrected chi connectivity index (χ4v) is 16.5. The lowest BCUT2D eigenvalue weighted by molar-refractivity contribution is -0.200. The minimum absolute atomic E-state index is 0.000672. The van der Waals surface area contributed by atoms with Gasteiger partial charge >= 0.3 is 0 Å². The number of aliphatic hydroxyl groups is 5. The number of aliphatic hydroxyl groups excluding tert-OH is 5. The van der Waals surface area contributed by atoms with Crippen LogP contribution in [0.15, 0.2) is 115 Å². The predicted octanol–water partition coefficient (Wildman–Crippen LogP) is 9.66. The van der Waals surface area contributed by atoms with E-state index in [1.165, 1.54) is 11.8 Å². The van der Waals surface area contributed by atoms with Crippen LogP contribution in [0.25, 0.3) is 0 Å². The van der Waals surface area contributed by atoms with Crippen molar-refractivity contribution in [2.45, 2.75) is 144 Å². The Morgan fingerprint density at radius 1 is 0.560 bits per heavy atom. The molecule has 488 valence electrons. The Balaban J connectivity index is 0.595. The van der Waals surface area contributed by atoms with E-state index in [2.05, 4.69) is 32.4 Å². The zero-order chi connectivity index (χ0) is 63.9. The Kier molecular flexibility index (Phi) is 21.6. The molecule has 0 aromatic heterocycles. The van der Waals surface area contributed by atoms with E-state index < -0.39 is 105 Å². The van der Waals surface area contributed by atoms with Crippen LogP contribution in [-0.2, 0) is 37.5 Å². The van der Waals surface area contributed by atoms with Gasteiger partial charge in [-0.05, 0) is 138 Å². The molecule has 24 heteroatoms. The molecular weight excluding hydrogens is 1370 g/mol. The molecule has 0 aliphatic carbocycles. The molecule has 6 aromatic rings. The van der Waals surface area contributed by atoms with E-state index in [0.717, 1.165) is 83.1 Å². The maximum atomic E-state index is 16.1. The molecule has 6 fully saturated rings. The van der Waals surface area contributed by atoms with E-state index in [0.29, 0.717) is 78.8 Å². The third kappa shape index (κ3) is 15.1. The summed E-state index contributed by atoms with van der Waals surface area (Å²) in [5.41, 5.74) is 16.4. The first-order chi connectivity index (χ1) is 43.7. The normalized spacial score (nSPS) is 31.7. The molecule has 0 amide bonds. The Morgan fingerprint density at radius 3 is 1.68 bits per heavy atom. The van der Waals surface area contributed by atoms with Gasteiger partial charge in [0, 0.05) is 82.8 Å². The minimum atomic E-state index is -1.63. The highest BCUT2D eigenvalue weighted by atomic mass is 127. The van der Waals surface area contributed by atoms with Crippen LogP contribution in [0.1, 0.15) is 93.7 Å². The third-order valence-electron chi connectivity index (χ3n) is 18.4. The van der Waals surface area contributed by atoms with Gasteiger partial charge in [-0.2, -0.15) is 0 Å². The summed E-state index contributed by atoms with van der Waals surface area (Å²) in [5, 5.41) is 56.1. The van der Waals surface area contributed by atoms with E-state index in [1.54, 1.807) is 18.2 Å². The number of ether oxygens (including phenoxy) is 6. The lowest BCUT2D eigenvalue weighted by Crippen LogP contribution is -2.61. The summed E-state index contributed by atoms with van der Waals surface area (Å²) in [6, 6.07) is 30.5. The fourth-order valence-electron chi connectivity index (χ4n) is 13.3. The number of hydrogen-bond donors (Lipinski definition) is 7. The number of halogens is 7. The fraction of sp³-hybridized carbons (Fsp3) is 0.463. The van der Waals surface area contributed by atoms with Gasteiger partial charge in [-0.15, -0.1) is 23.5 Å². The van der Waals surface area contributed by atoms with Gasteiger partial charge in [0.2, 0.25) is 0 Å². The SMILES string of the molecule is CS[C@H]1O[C@@H](c2ccc(Cl)c(Cc3ccc(OC4CCN(C5COC(c6cc(F)c(CS[C@H]7O[C@@H](c8ccc(Cl)c(Cc9ccc(OC%10CN(C%11COC(c%12cc(F)ccc%12F)C(N)C%11)C%10)cc9)c8)[C@H](O)[C@@H](O)[C@@H]7O)cc6F)C(N)C5)C4)cc3)c2)[C@H](O)[C@@H](I)[C@@H]1O. The van der Waals surface area contributed by atoms with E-state index >= 15 is 8.78 Å². The third-order valence-corrected chi connectivity index (χ3v) is 22.7. The summed E-state index contributed by atoms with van der Waals surface area (Å²) in [5.74, 6) is -1.23. The Labute approximate surface area is 558 Å². The molecule has 6 heterocycles. The molecule has 6 aliphatic rings. The number of likely N-dealkylation sites (tertiary alicyclic amines) is 2. The number of rotatable bonds is 18. The standard InChI is InChI=1S/C67H73Cl2F4IN4O11S2/c1-90-66-58(80)56(74)57(79)62(88-66)35-6-13-49(68)37(20-35)18-33-2-9-43(10-3-33)86-45-16-17-77(27-45)41-24-54(75)65(84-30-41)48-26-52(72)39(22-53(48)73)32-91-67-61(83)59(81)60(82)63(89-67)36-7-14-50(69)38(21-36)19-34-4-11-44(12-5-34)87-46-28-78(29-46)42-25-55(76)64(85-31-42)47-23-40(70)8-15-51(47)71/h2-15,20-23,26,41-42,45-46,54-67,79-83H,16-19,24-25,27-32,75-76H2,1H3/t41?,42?,45?,54?,55?,56-,57-,58+,59-,60-,61+,62+,63+,64?,65?,66-,67-/m1/s1. The molecule has 91 heavy (non-hydrogen) atoms. The van der Waals surface area contributed by atoms with Gasteiger partial charge in [-0.3, -0.25) is 9.80 Å². The minimum Gasteiger partial charge on any atom is -0.489 e. The smallest absolute Gasteiger partial charge is 0.133 e. The van der Waals surface area contributed by atoms with Crippen LogP contribution in [0.3, 0.4) is 0 Å². The number of thioether (sulfide) groups is 2. The lowest BCUT2D eigenvalue weighted by Gasteiger charge is -2.47. The summed E-state index contributed by atoms with van der Waals surface area (Å²) in [7, 11) is 0. The zero-order valence-electron chi connectivity index (χ0n) is 49.5. The highest BCUT2D eigenvalue weighted by molar-refractivity contribution is 14.1. The molecule has 0 bridgehead atoms. The van der Waals surface area contributed by atoms with E-state index in [-0.39, 0.29) is 53.3 Å². The summed E-state index contributed by atoms with van der Waals surface area (Å²) < 4.78 is 97.3. The maximum absolute atomic E-state index is 16.1. The van der Waals surface area contributed by atoms with Crippen molar-refractivity contribution in [2.75, 3.05) is 45.6 Å². The van der Waals surface area contributed by atoms with Gasteiger partial charge in [0.15, 0.2) is 0 Å². The van der Waals surface area contributed by atoms with Gasteiger partial charge in [0.1, 0.15) is 107 Å². The first kappa shape index (κ1) is 67.1. The zero-order valence-corrected chi connectivity index (χ0v) is 54.8. The molecule has 0 radical (unpaired) electrons. The number of alkyl halides is 1. The molecule has 15 nitrogen and oxygen atoms in total. The summed E-state index contributed by atoms with van der Waals surface area (Å²) in [6.45, 7) is 3.26. The molecule has 7 unspecified atom stereocenters. The lowest BCUT2D eigenvalue weighted by atomic mass is 9.92. The molecule has 6 saturated heterocycles. The monoisotopic (exact) mass is 1450 g/mol. The topological polar surface area (TPSA) is 215 Å². The number of hydrogen-bond acceptors (Lipinski definition) is 17. The van der Waals surface area contributed by atoms with Crippen LogP contribution in [0, 0.1) is 23.3 Å². The molecule has 9 N–H and O–H groups in total. The van der Waals surface area contributed by atoms with Crippen molar-refractivity contribution in [2.24, 2.45) is 11.5 Å². The average molecular weight is 1450 g/mol. The molecular formula is C67H73Cl2F4IN4O11S2. The quantitative estimate of drug-likeness (QED) is 0.0242. The van der Waals surface area contributed by atoms with Crippen LogP contribution in [0.2, 0.25) is 10.0 Å². The van der Waals surface area contributed by atoms with Crippen LogP contribution in [-0.4, -0.2) is 163 Å². The van der Waals surface area contributed by atoms with E-state index in [1.807, 2.05) is 73.0 Å². The second-order valence-corrected chi connectivity index (χ2v) is 28.9. The highest BCUT2D eigenvalue weighted by Crippen LogP contribution is 2.43. The predicted molar refractivity (Wildman–Crippen MR) is 349 cm³/mol. The molecule has 6 aromatic carbocycles. The van der Waals surface area contributed by atoms with Crippen LogP contribution in [0.5, 0.6) is 11.5 Å². The first-order valence-electron chi connectivity index (χ1n) is 30.5. The Morgan fingerprint density at radius 2 is 1.10 bits per heavy atom. The molecule has 0 saturated carbocycles. The van der Waals surface area contributed by atoms with Crippen molar-refractivity contribution < 1.29 is 71.5 Å². The molecule has 6 aliphatic heterocycles. The van der Waals surface area contributed by atoms with Crippen molar-refractivity contribution in [3.05, 3.63) is 199 Å². The van der Waals surface area contributed by atoms with Crippen molar-refractivity contribution in [1.82, 2.24) is 9.80 Å². The van der Waals surface area contributed by atoms with Gasteiger partial charge in [-0.25, -0.2) is 17.6 Å². The molecule has 12 rings (SSSR count). The average Bonchev–Trinajstić information content (AvgIpc) is 1.29. The van der Waals surface area contributed by atoms with Crippen LogP contribution >= 0.6 is 69.3 Å². The number of nitrogens with two attached hydrogens (primary N) is 2. The van der Waals surface area contributed by atoms with Crippen molar-refractivity contribution in [3.8, 4) is 11.5 Å². The Hall–Kier alpha value is -3.87. The first-order valence-corrected chi connectivity index (χ1v) is 34.8. The second kappa shape index (κ2) is 29.2. The van der Waals surface area contributed by atoms with Crippen molar-refractivity contribution in [3.63, 3.8) is 0 Å². The highest BCUT2D eigenvalue weighted by Gasteiger charge is 2.47. The summed E-state index contributed by atoms with van der Waals surface area (Å²) in [4.78, 5) is 4.47. The van der Waals surface area contributed by atoms with Crippen molar-refractivity contribution in [1.29, 1.82) is 0 Å². The largest absolute Gasteiger partial charge is 0.489 e. The van der Waals surface area contributed by atoms with Crippen LogP contribution in [0.4, 0.5) is 17.6 Å². The number of benzene rings is 6. The molecule has 17 atom stereocenters. The van der Waals surface area contributed by atoms with E-state index in [9.17, 15) is 34.3 Å². The van der Waals surface area contributed by atoms with Gasteiger partial charge in [0.05, 0.1) is 23.2 Å². The maximum Gasteiger partial charge on any atom is 0.133 e. The number of nitrogens with zero attached hydrogens (tertiary/aromatic N) is 2. The van der Waals surface area contributed by atoms with Crippen LogP contribution < -0.4 is 20.9 Å². The summed E-state index contributed by atoms with van der Waals surface area (Å²) in [6.07, 6.45) is -5.27. The molecule has 0 spiro atoms. The van der Waals surface area contributed by atoms with Gasteiger partial charge in [-0.1, -0.05) is 94.3 Å². The summed E-state index contributed by atoms with van der Waals surface area (Å²) >= 11 is 17.8. The van der Waals surface area contributed by atoms with Gasteiger partial charge in [0.25, 0.3) is 0 Å². The Bertz CT molecular complexity index is 3510. The second-order valence-electron chi connectivity index (χ2n) is 24.6. The van der Waals surface area contributed by atoms with Crippen molar-refractivity contribution >= 4 is 69.3 Å².